The molecular weight excluding hydrogens is 324 g/mol. The van der Waals surface area contributed by atoms with Gasteiger partial charge in [-0.1, -0.05) is 0 Å². The quantitative estimate of drug-likeness (QED) is 0.930. The fraction of sp³-hybridized carbons (Fsp3) is 0.267. The van der Waals surface area contributed by atoms with Gasteiger partial charge in [0.05, 0.1) is 5.69 Å². The number of nitrogens with one attached hydrogen (secondary N) is 1. The largest absolute Gasteiger partial charge is 0.367 e. The van der Waals surface area contributed by atoms with Gasteiger partial charge in [-0.15, -0.1) is 0 Å². The Bertz CT molecular complexity index is 784. The molecule has 5 nitrogen and oxygen atoms in total. The highest BCUT2D eigenvalue weighted by atomic mass is 32.2. The molecule has 1 aromatic heterocycles. The molecule has 2 aromatic rings. The Morgan fingerprint density at radius 3 is 2.35 bits per heavy atom. The van der Waals surface area contributed by atoms with Gasteiger partial charge in [0, 0.05) is 37.6 Å². The van der Waals surface area contributed by atoms with E-state index in [1.165, 1.54) is 18.3 Å². The molecule has 0 bridgehead atoms. The predicted octanol–water partition coefficient (Wildman–Crippen LogP) is 2.76. The van der Waals surface area contributed by atoms with Gasteiger partial charge < -0.3 is 4.90 Å². The van der Waals surface area contributed by atoms with E-state index in [4.69, 9.17) is 0 Å². The van der Waals surface area contributed by atoms with Gasteiger partial charge in [0.1, 0.15) is 10.6 Å². The molecule has 0 radical (unpaired) electrons. The van der Waals surface area contributed by atoms with Crippen LogP contribution >= 0.6 is 0 Å². The van der Waals surface area contributed by atoms with E-state index in [1.54, 1.807) is 4.90 Å². The van der Waals surface area contributed by atoms with E-state index in [-0.39, 0.29) is 16.3 Å². The molecule has 0 atom stereocenters. The van der Waals surface area contributed by atoms with E-state index in [0.717, 1.165) is 31.2 Å². The smallest absolute Gasteiger partial charge is 0.263 e. The summed E-state index contributed by atoms with van der Waals surface area (Å²) in [6.07, 6.45) is 4.36. The molecule has 0 saturated carbocycles. The molecule has 1 aliphatic rings. The molecule has 2 heterocycles. The summed E-state index contributed by atoms with van der Waals surface area (Å²) in [5.41, 5.74) is -0.265. The van der Waals surface area contributed by atoms with Crippen molar-refractivity contribution in [3.8, 4) is 0 Å². The molecule has 0 unspecified atom stereocenters. The molecule has 1 saturated heterocycles. The molecule has 3 rings (SSSR count). The highest BCUT2D eigenvalue weighted by Crippen LogP contribution is 2.30. The summed E-state index contributed by atoms with van der Waals surface area (Å²) < 4.78 is 54.9. The van der Waals surface area contributed by atoms with Gasteiger partial charge in [0.25, 0.3) is 10.0 Å². The van der Waals surface area contributed by atoms with Crippen molar-refractivity contribution in [2.75, 3.05) is 22.7 Å². The van der Waals surface area contributed by atoms with Gasteiger partial charge in [-0.2, -0.15) is 0 Å². The molecule has 0 amide bonds. The van der Waals surface area contributed by atoms with Gasteiger partial charge in [-0.25, -0.2) is 17.2 Å². The van der Waals surface area contributed by atoms with Crippen LogP contribution in [0.4, 0.5) is 20.2 Å². The Labute approximate surface area is 133 Å². The van der Waals surface area contributed by atoms with Crippen molar-refractivity contribution in [2.24, 2.45) is 0 Å². The second-order valence-electron chi connectivity index (χ2n) is 5.28. The van der Waals surface area contributed by atoms with Crippen LogP contribution in [0.15, 0.2) is 41.6 Å². The monoisotopic (exact) mass is 339 g/mol. The van der Waals surface area contributed by atoms with Crippen molar-refractivity contribution in [3.05, 3.63) is 48.3 Å². The Hall–Kier alpha value is -2.22. The van der Waals surface area contributed by atoms with Crippen LogP contribution in [0.25, 0.3) is 0 Å². The number of pyridine rings is 1. The Kier molecular flexibility index (Phi) is 4.16. The van der Waals surface area contributed by atoms with Crippen LogP contribution in [0.5, 0.6) is 0 Å². The molecular formula is C15H15F2N3O2S. The van der Waals surface area contributed by atoms with Crippen molar-refractivity contribution < 1.29 is 17.2 Å². The lowest BCUT2D eigenvalue weighted by Gasteiger charge is -2.20. The molecule has 1 aliphatic heterocycles. The highest BCUT2D eigenvalue weighted by Gasteiger charge is 2.22. The summed E-state index contributed by atoms with van der Waals surface area (Å²) in [4.78, 5) is 5.27. The first-order valence-corrected chi connectivity index (χ1v) is 8.62. The second kappa shape index (κ2) is 6.11. The fourth-order valence-electron chi connectivity index (χ4n) is 2.59. The molecule has 8 heteroatoms. The summed E-state index contributed by atoms with van der Waals surface area (Å²) in [7, 11) is -3.94. The van der Waals surface area contributed by atoms with Crippen LogP contribution < -0.4 is 9.62 Å². The maximum Gasteiger partial charge on any atom is 0.263 e. The van der Waals surface area contributed by atoms with Crippen molar-refractivity contribution in [1.29, 1.82) is 0 Å². The number of nitrogens with zero attached hydrogens (tertiary/aromatic N) is 2. The number of halogens is 2. The minimum atomic E-state index is -3.94. The van der Waals surface area contributed by atoms with E-state index in [2.05, 4.69) is 9.71 Å². The number of aromatic nitrogens is 1. The number of hydrogen-bond acceptors (Lipinski definition) is 4. The van der Waals surface area contributed by atoms with Crippen LogP contribution in [0.2, 0.25) is 0 Å². The number of anilines is 2. The van der Waals surface area contributed by atoms with E-state index in [1.807, 2.05) is 0 Å². The molecule has 1 fully saturated rings. The zero-order valence-electron chi connectivity index (χ0n) is 12.2. The Morgan fingerprint density at radius 2 is 1.78 bits per heavy atom. The summed E-state index contributed by atoms with van der Waals surface area (Å²) in [6.45, 7) is 1.18. The third-order valence-electron chi connectivity index (χ3n) is 3.64. The zero-order valence-corrected chi connectivity index (χ0v) is 13.0. The predicted molar refractivity (Wildman–Crippen MR) is 82.9 cm³/mol. The van der Waals surface area contributed by atoms with Gasteiger partial charge in [0.15, 0.2) is 11.6 Å². The van der Waals surface area contributed by atoms with Crippen LogP contribution in [-0.4, -0.2) is 26.5 Å². The van der Waals surface area contributed by atoms with Gasteiger partial charge in [0.2, 0.25) is 0 Å². The number of rotatable bonds is 4. The van der Waals surface area contributed by atoms with Crippen LogP contribution in [0.1, 0.15) is 12.8 Å². The van der Waals surface area contributed by atoms with Crippen LogP contribution in [-0.2, 0) is 10.0 Å². The van der Waals surface area contributed by atoms with Crippen molar-refractivity contribution >= 4 is 21.4 Å². The molecule has 122 valence electrons. The third-order valence-corrected chi connectivity index (χ3v) is 5.00. The van der Waals surface area contributed by atoms with Crippen LogP contribution in [0, 0.1) is 11.6 Å². The normalized spacial score (nSPS) is 15.0. The second-order valence-corrected chi connectivity index (χ2v) is 6.96. The zero-order chi connectivity index (χ0) is 16.4. The summed E-state index contributed by atoms with van der Waals surface area (Å²) >= 11 is 0. The van der Waals surface area contributed by atoms with E-state index < -0.39 is 21.7 Å². The summed E-state index contributed by atoms with van der Waals surface area (Å²) in [5, 5.41) is 0. The van der Waals surface area contributed by atoms with Crippen molar-refractivity contribution in [1.82, 2.24) is 4.98 Å². The Morgan fingerprint density at radius 1 is 1.13 bits per heavy atom. The maximum absolute atomic E-state index is 14.2. The average molecular weight is 339 g/mol. The minimum Gasteiger partial charge on any atom is -0.367 e. The van der Waals surface area contributed by atoms with E-state index in [0.29, 0.717) is 13.1 Å². The van der Waals surface area contributed by atoms with E-state index >= 15 is 0 Å². The maximum atomic E-state index is 14.2. The molecule has 0 spiro atoms. The lowest BCUT2D eigenvalue weighted by molar-refractivity contribution is 0.578. The van der Waals surface area contributed by atoms with Crippen molar-refractivity contribution in [3.63, 3.8) is 0 Å². The number of sulfonamides is 1. The standard InChI is InChI=1S/C15H15F2N3O2S/c16-13-8-11(9-14(17)15(13)20-6-1-2-7-20)19-23(21,22)12-4-3-5-18-10-12/h3-5,8-10,19H,1-2,6-7H2. The molecule has 23 heavy (non-hydrogen) atoms. The minimum absolute atomic E-state index is 0.0792. The lowest BCUT2D eigenvalue weighted by atomic mass is 10.2. The SMILES string of the molecule is O=S(=O)(Nc1cc(F)c(N2CCCC2)c(F)c1)c1cccnc1. The van der Waals surface area contributed by atoms with Crippen LogP contribution in [0.3, 0.4) is 0 Å². The molecule has 1 N–H and O–H groups in total. The summed E-state index contributed by atoms with van der Waals surface area (Å²) in [5.74, 6) is -1.56. The first-order chi connectivity index (χ1) is 11.0. The lowest BCUT2D eigenvalue weighted by Crippen LogP contribution is -2.21. The van der Waals surface area contributed by atoms with E-state index in [9.17, 15) is 17.2 Å². The number of hydrogen-bond donors (Lipinski definition) is 1. The summed E-state index contributed by atoms with van der Waals surface area (Å²) in [6, 6.07) is 4.79. The first kappa shape index (κ1) is 15.7. The van der Waals surface area contributed by atoms with Gasteiger partial charge in [-0.05, 0) is 25.0 Å². The topological polar surface area (TPSA) is 62.3 Å². The number of benzene rings is 1. The van der Waals surface area contributed by atoms with Crippen molar-refractivity contribution in [2.45, 2.75) is 17.7 Å². The fourth-order valence-corrected chi connectivity index (χ4v) is 3.59. The Balaban J connectivity index is 1.90. The third kappa shape index (κ3) is 3.26. The first-order valence-electron chi connectivity index (χ1n) is 7.14. The van der Waals surface area contributed by atoms with Gasteiger partial charge >= 0.3 is 0 Å². The molecule has 1 aromatic carbocycles. The average Bonchev–Trinajstić information content (AvgIpc) is 3.01. The van der Waals surface area contributed by atoms with Gasteiger partial charge in [-0.3, -0.25) is 9.71 Å². The molecule has 0 aliphatic carbocycles. The highest BCUT2D eigenvalue weighted by molar-refractivity contribution is 7.92.